The monoisotopic (exact) mass is 391 g/mol. The number of sulfonamides is 1. The Bertz CT molecular complexity index is 577. The second-order valence-corrected chi connectivity index (χ2v) is 6.80. The Kier molecular flexibility index (Phi) is 6.29. The van der Waals surface area contributed by atoms with Gasteiger partial charge in [-0.25, -0.2) is 8.42 Å². The van der Waals surface area contributed by atoms with Gasteiger partial charge in [0.1, 0.15) is 0 Å². The largest absolute Gasteiger partial charge is 0.573 e. The lowest BCUT2D eigenvalue weighted by Gasteiger charge is -2.15. The molecule has 0 heterocycles. The number of benzene rings is 1. The molecule has 0 aliphatic heterocycles. The van der Waals surface area contributed by atoms with Gasteiger partial charge in [-0.05, 0) is 31.0 Å². The molecule has 0 radical (unpaired) electrons. The van der Waals surface area contributed by atoms with E-state index in [1.165, 1.54) is 6.07 Å². The Morgan fingerprint density at radius 1 is 1.29 bits per heavy atom. The zero-order valence-electron chi connectivity index (χ0n) is 10.7. The van der Waals surface area contributed by atoms with E-state index in [1.54, 1.807) is 0 Å². The van der Waals surface area contributed by atoms with Crippen molar-refractivity contribution in [3.05, 3.63) is 22.7 Å². The fraction of sp³-hybridized carbons (Fsp3) is 0.455. The third-order valence-electron chi connectivity index (χ3n) is 2.26. The summed E-state index contributed by atoms with van der Waals surface area (Å²) in [5.74, 6) is -0.961. The summed E-state index contributed by atoms with van der Waals surface area (Å²) in [6, 6.07) is 3.56. The average Bonchev–Trinajstić information content (AvgIpc) is 2.31. The molecule has 0 spiro atoms. The maximum atomic E-state index is 12.3. The summed E-state index contributed by atoms with van der Waals surface area (Å²) >= 11 is 2.98. The highest BCUT2D eigenvalue weighted by atomic mass is 79.9. The van der Waals surface area contributed by atoms with Crippen molar-refractivity contribution in [3.63, 3.8) is 0 Å². The van der Waals surface area contributed by atoms with Gasteiger partial charge in [0.25, 0.3) is 0 Å². The first-order chi connectivity index (χ1) is 9.63. The Morgan fingerprint density at radius 2 is 1.95 bits per heavy atom. The molecule has 0 fully saturated rings. The first-order valence-corrected chi connectivity index (χ1v) is 8.24. The molecule has 0 aliphatic rings. The van der Waals surface area contributed by atoms with Gasteiger partial charge in [-0.1, -0.05) is 15.9 Å². The van der Waals surface area contributed by atoms with E-state index < -0.39 is 22.1 Å². The average molecular weight is 392 g/mol. The lowest BCUT2D eigenvalue weighted by molar-refractivity contribution is -0.274. The van der Waals surface area contributed by atoms with Crippen LogP contribution in [0.4, 0.5) is 18.9 Å². The fourth-order valence-corrected chi connectivity index (χ4v) is 2.94. The molecule has 0 bridgehead atoms. The first kappa shape index (κ1) is 18.1. The first-order valence-electron chi connectivity index (χ1n) is 5.79. The van der Waals surface area contributed by atoms with Crippen LogP contribution < -0.4 is 9.46 Å². The van der Waals surface area contributed by atoms with Crippen molar-refractivity contribution in [1.29, 1.82) is 0 Å². The second-order valence-electron chi connectivity index (χ2n) is 4.04. The van der Waals surface area contributed by atoms with Crippen molar-refractivity contribution in [2.75, 3.05) is 17.1 Å². The highest BCUT2D eigenvalue weighted by Gasteiger charge is 2.32. The molecule has 21 heavy (non-hydrogen) atoms. The molecule has 0 atom stereocenters. The van der Waals surface area contributed by atoms with Gasteiger partial charge in [-0.2, -0.15) is 0 Å². The van der Waals surface area contributed by atoms with Crippen molar-refractivity contribution < 1.29 is 31.4 Å². The van der Waals surface area contributed by atoms with Crippen molar-refractivity contribution in [2.24, 2.45) is 0 Å². The Balaban J connectivity index is 2.92. The molecule has 0 unspecified atom stereocenters. The molecule has 5 nitrogen and oxygen atoms in total. The van der Waals surface area contributed by atoms with Crippen molar-refractivity contribution in [1.82, 2.24) is 0 Å². The lowest BCUT2D eigenvalue weighted by Crippen LogP contribution is -2.21. The van der Waals surface area contributed by atoms with E-state index in [9.17, 15) is 21.6 Å². The summed E-state index contributed by atoms with van der Waals surface area (Å²) in [7, 11) is -3.82. The number of ether oxygens (including phenoxy) is 1. The van der Waals surface area contributed by atoms with Crippen LogP contribution in [-0.2, 0) is 10.0 Å². The number of unbranched alkanes of at least 4 members (excludes halogenated alkanes) is 1. The third-order valence-corrected chi connectivity index (χ3v) is 4.11. The van der Waals surface area contributed by atoms with E-state index in [2.05, 4.69) is 20.7 Å². The standard InChI is InChI=1S/C11H13BrF3NO4S/c12-8-3-4-9(10(7-8)20-11(13,14)15)16-21(18,19)6-2-1-5-17/h3-4,7,16-17H,1-2,5-6H2. The second kappa shape index (κ2) is 7.32. The molecule has 1 aromatic rings. The number of alkyl halides is 3. The number of aliphatic hydroxyl groups excluding tert-OH is 1. The van der Waals surface area contributed by atoms with E-state index in [1.807, 2.05) is 4.72 Å². The maximum absolute atomic E-state index is 12.3. The molecule has 0 aliphatic carbocycles. The number of halogens is 4. The number of anilines is 1. The summed E-state index contributed by atoms with van der Waals surface area (Å²) in [6.07, 6.45) is -4.46. The predicted octanol–water partition coefficient (Wildman–Crippen LogP) is 2.86. The van der Waals surface area contributed by atoms with Gasteiger partial charge in [-0.3, -0.25) is 4.72 Å². The number of hydrogen-bond donors (Lipinski definition) is 2. The third kappa shape index (κ3) is 7.00. The van der Waals surface area contributed by atoms with Crippen LogP contribution in [0.1, 0.15) is 12.8 Å². The predicted molar refractivity (Wildman–Crippen MR) is 74.6 cm³/mol. The normalized spacial score (nSPS) is 12.2. The van der Waals surface area contributed by atoms with Crippen molar-refractivity contribution >= 4 is 31.6 Å². The topological polar surface area (TPSA) is 75.6 Å². The van der Waals surface area contributed by atoms with Crippen LogP contribution in [0.25, 0.3) is 0 Å². The zero-order valence-corrected chi connectivity index (χ0v) is 13.1. The van der Waals surface area contributed by atoms with Gasteiger partial charge in [0, 0.05) is 11.1 Å². The van der Waals surface area contributed by atoms with Gasteiger partial charge in [-0.15, -0.1) is 13.2 Å². The molecule has 0 saturated carbocycles. The van der Waals surface area contributed by atoms with Crippen LogP contribution >= 0.6 is 15.9 Å². The quantitative estimate of drug-likeness (QED) is 0.700. The maximum Gasteiger partial charge on any atom is 0.573 e. The van der Waals surface area contributed by atoms with Crippen molar-refractivity contribution in [2.45, 2.75) is 19.2 Å². The van der Waals surface area contributed by atoms with E-state index in [0.717, 1.165) is 12.1 Å². The van der Waals surface area contributed by atoms with Crippen LogP contribution in [0, 0.1) is 0 Å². The van der Waals surface area contributed by atoms with E-state index in [4.69, 9.17) is 5.11 Å². The van der Waals surface area contributed by atoms with Crippen molar-refractivity contribution in [3.8, 4) is 5.75 Å². The highest BCUT2D eigenvalue weighted by Crippen LogP contribution is 2.33. The van der Waals surface area contributed by atoms with Crippen LogP contribution in [0.15, 0.2) is 22.7 Å². The summed E-state index contributed by atoms with van der Waals surface area (Å²) in [6.45, 7) is -0.157. The number of hydrogen-bond acceptors (Lipinski definition) is 4. The number of aliphatic hydroxyl groups is 1. The molecular formula is C11H13BrF3NO4S. The van der Waals surface area contributed by atoms with Gasteiger partial charge >= 0.3 is 6.36 Å². The Morgan fingerprint density at radius 3 is 2.52 bits per heavy atom. The minimum Gasteiger partial charge on any atom is -0.403 e. The molecule has 0 amide bonds. The SMILES string of the molecule is O=S(=O)(CCCCO)Nc1ccc(Br)cc1OC(F)(F)F. The summed E-state index contributed by atoms with van der Waals surface area (Å²) in [5, 5.41) is 8.59. The van der Waals surface area contributed by atoms with Gasteiger partial charge in [0.15, 0.2) is 5.75 Å². The smallest absolute Gasteiger partial charge is 0.403 e. The van der Waals surface area contributed by atoms with Crippen LogP contribution in [0.2, 0.25) is 0 Å². The summed E-state index contributed by atoms with van der Waals surface area (Å²) < 4.78 is 66.5. The number of nitrogens with one attached hydrogen (secondary N) is 1. The fourth-order valence-electron chi connectivity index (χ4n) is 1.41. The minimum absolute atomic E-state index is 0.157. The molecule has 120 valence electrons. The van der Waals surface area contributed by atoms with Gasteiger partial charge in [0.2, 0.25) is 10.0 Å². The minimum atomic E-state index is -4.93. The van der Waals surface area contributed by atoms with Crippen LogP contribution in [-0.4, -0.2) is 32.2 Å². The molecule has 2 N–H and O–H groups in total. The molecule has 0 aromatic heterocycles. The lowest BCUT2D eigenvalue weighted by atomic mass is 10.3. The van der Waals surface area contributed by atoms with Crippen LogP contribution in [0.5, 0.6) is 5.75 Å². The zero-order chi connectivity index (χ0) is 16.1. The van der Waals surface area contributed by atoms with Gasteiger partial charge < -0.3 is 9.84 Å². The number of rotatable bonds is 7. The Hall–Kier alpha value is -1.00. The summed E-state index contributed by atoms with van der Waals surface area (Å²) in [4.78, 5) is 0. The molecule has 10 heteroatoms. The Labute approximate surface area is 128 Å². The van der Waals surface area contributed by atoms with E-state index >= 15 is 0 Å². The van der Waals surface area contributed by atoms with E-state index in [-0.39, 0.29) is 30.9 Å². The van der Waals surface area contributed by atoms with Gasteiger partial charge in [0.05, 0.1) is 11.4 Å². The molecule has 0 saturated heterocycles. The molecule has 1 rings (SSSR count). The molecule has 1 aromatic carbocycles. The van der Waals surface area contributed by atoms with Crippen LogP contribution in [0.3, 0.4) is 0 Å². The summed E-state index contributed by atoms with van der Waals surface area (Å²) in [5.41, 5.74) is -0.306. The molecular weight excluding hydrogens is 379 g/mol. The van der Waals surface area contributed by atoms with E-state index in [0.29, 0.717) is 4.47 Å². The highest BCUT2D eigenvalue weighted by molar-refractivity contribution is 9.10.